The predicted octanol–water partition coefficient (Wildman–Crippen LogP) is 2.32. The lowest BCUT2D eigenvalue weighted by Crippen LogP contribution is -2.16. The highest BCUT2D eigenvalue weighted by Crippen LogP contribution is 2.38. The normalized spacial score (nSPS) is 16.2. The van der Waals surface area contributed by atoms with Crippen LogP contribution in [0.5, 0.6) is 0 Å². The summed E-state index contributed by atoms with van der Waals surface area (Å²) < 4.78 is 26.0. The molecular formula is C9H10F2OS. The number of halogens is 2. The number of aliphatic hydroxyl groups is 1. The largest absolute Gasteiger partial charge is 0.390 e. The van der Waals surface area contributed by atoms with Gasteiger partial charge in [0.25, 0.3) is 0 Å². The Labute approximate surface area is 79.0 Å². The fourth-order valence-corrected chi connectivity index (χ4v) is 2.81. The van der Waals surface area contributed by atoms with E-state index < -0.39 is 12.5 Å². The molecule has 2 rings (SSSR count). The number of alkyl halides is 2. The second-order valence-corrected chi connectivity index (χ2v) is 4.41. The minimum absolute atomic E-state index is 0.0136. The van der Waals surface area contributed by atoms with Crippen LogP contribution in [0.2, 0.25) is 0 Å². The summed E-state index contributed by atoms with van der Waals surface area (Å²) >= 11 is 1.14. The fourth-order valence-electron chi connectivity index (χ4n) is 1.59. The summed E-state index contributed by atoms with van der Waals surface area (Å²) in [6.07, 6.45) is 2.90. The Hall–Kier alpha value is -0.480. The lowest BCUT2D eigenvalue weighted by molar-refractivity contribution is -0.0524. The van der Waals surface area contributed by atoms with Gasteiger partial charge in [0.2, 0.25) is 0 Å². The molecule has 1 aromatic rings. The van der Waals surface area contributed by atoms with Gasteiger partial charge in [-0.3, -0.25) is 0 Å². The Kier molecular flexibility index (Phi) is 2.12. The van der Waals surface area contributed by atoms with Crippen LogP contribution in [0.15, 0.2) is 6.07 Å². The molecule has 1 aliphatic rings. The van der Waals surface area contributed by atoms with Crippen molar-refractivity contribution < 1.29 is 13.9 Å². The van der Waals surface area contributed by atoms with E-state index in [0.29, 0.717) is 0 Å². The highest BCUT2D eigenvalue weighted by Gasteiger charge is 2.34. The van der Waals surface area contributed by atoms with Crippen LogP contribution in [0, 0.1) is 0 Å². The standard InChI is InChI=1S/C9H10F2OS/c10-9(11,5-12)8-4-6-2-1-3-7(6)13-8/h4,12H,1-3,5H2. The van der Waals surface area contributed by atoms with Gasteiger partial charge in [-0.1, -0.05) is 0 Å². The van der Waals surface area contributed by atoms with Crippen LogP contribution in [0.4, 0.5) is 8.78 Å². The van der Waals surface area contributed by atoms with Crippen molar-refractivity contribution in [3.63, 3.8) is 0 Å². The van der Waals surface area contributed by atoms with Gasteiger partial charge in [-0.05, 0) is 30.9 Å². The van der Waals surface area contributed by atoms with Crippen LogP contribution in [0.3, 0.4) is 0 Å². The summed E-state index contributed by atoms with van der Waals surface area (Å²) in [5, 5.41) is 8.50. The molecule has 1 heterocycles. The summed E-state index contributed by atoms with van der Waals surface area (Å²) in [5.74, 6) is -3.05. The number of thiophene rings is 1. The number of aliphatic hydroxyl groups excluding tert-OH is 1. The number of fused-ring (bicyclic) bond motifs is 1. The van der Waals surface area contributed by atoms with Crippen LogP contribution >= 0.6 is 11.3 Å². The topological polar surface area (TPSA) is 20.2 Å². The van der Waals surface area contributed by atoms with Crippen molar-refractivity contribution in [2.45, 2.75) is 25.2 Å². The molecule has 1 N–H and O–H groups in total. The lowest BCUT2D eigenvalue weighted by atomic mass is 10.2. The zero-order valence-electron chi connectivity index (χ0n) is 7.02. The minimum Gasteiger partial charge on any atom is -0.390 e. The van der Waals surface area contributed by atoms with Crippen molar-refractivity contribution >= 4 is 11.3 Å². The maximum atomic E-state index is 13.0. The van der Waals surface area contributed by atoms with Gasteiger partial charge < -0.3 is 5.11 Å². The van der Waals surface area contributed by atoms with E-state index >= 15 is 0 Å². The number of hydrogen-bond acceptors (Lipinski definition) is 2. The highest BCUT2D eigenvalue weighted by molar-refractivity contribution is 7.12. The Bertz CT molecular complexity index is 298. The van der Waals surface area contributed by atoms with Gasteiger partial charge in [0.15, 0.2) is 0 Å². The SMILES string of the molecule is OCC(F)(F)c1cc2c(s1)CCC2. The smallest absolute Gasteiger partial charge is 0.304 e. The van der Waals surface area contributed by atoms with Crippen LogP contribution < -0.4 is 0 Å². The predicted molar refractivity (Wildman–Crippen MR) is 47.3 cm³/mol. The van der Waals surface area contributed by atoms with Crippen molar-refractivity contribution in [2.75, 3.05) is 6.61 Å². The van der Waals surface area contributed by atoms with Gasteiger partial charge >= 0.3 is 5.92 Å². The Balaban J connectivity index is 2.33. The van der Waals surface area contributed by atoms with Crippen LogP contribution in [0.25, 0.3) is 0 Å². The number of rotatable bonds is 2. The molecule has 0 unspecified atom stereocenters. The molecule has 0 bridgehead atoms. The third-order valence-electron chi connectivity index (χ3n) is 2.31. The van der Waals surface area contributed by atoms with Crippen molar-refractivity contribution in [1.82, 2.24) is 0 Å². The van der Waals surface area contributed by atoms with Gasteiger partial charge in [0.1, 0.15) is 6.61 Å². The third kappa shape index (κ3) is 1.48. The Morgan fingerprint density at radius 1 is 1.46 bits per heavy atom. The molecule has 0 saturated carbocycles. The maximum absolute atomic E-state index is 13.0. The van der Waals surface area contributed by atoms with E-state index in [4.69, 9.17) is 5.11 Å². The first-order valence-electron chi connectivity index (χ1n) is 4.24. The summed E-state index contributed by atoms with van der Waals surface area (Å²) in [6.45, 7) is -1.09. The molecule has 1 nitrogen and oxygen atoms in total. The van der Waals surface area contributed by atoms with E-state index in [1.54, 1.807) is 6.07 Å². The molecule has 0 atom stereocenters. The zero-order chi connectivity index (χ0) is 9.47. The van der Waals surface area contributed by atoms with Gasteiger partial charge in [-0.15, -0.1) is 11.3 Å². The average Bonchev–Trinajstić information content (AvgIpc) is 2.61. The lowest BCUT2D eigenvalue weighted by Gasteiger charge is -2.09. The van der Waals surface area contributed by atoms with E-state index in [-0.39, 0.29) is 4.88 Å². The first-order chi connectivity index (χ1) is 6.13. The van der Waals surface area contributed by atoms with Crippen molar-refractivity contribution in [1.29, 1.82) is 0 Å². The summed E-state index contributed by atoms with van der Waals surface area (Å²) in [7, 11) is 0. The van der Waals surface area contributed by atoms with E-state index in [0.717, 1.165) is 41.0 Å². The first kappa shape index (κ1) is 9.09. The molecule has 0 amide bonds. The van der Waals surface area contributed by atoms with Crippen molar-refractivity contribution in [3.05, 3.63) is 21.4 Å². The van der Waals surface area contributed by atoms with Crippen LogP contribution in [-0.4, -0.2) is 11.7 Å². The molecule has 0 fully saturated rings. The quantitative estimate of drug-likeness (QED) is 0.783. The molecule has 0 spiro atoms. The number of hydrogen-bond donors (Lipinski definition) is 1. The van der Waals surface area contributed by atoms with Gasteiger partial charge in [0, 0.05) is 4.88 Å². The highest BCUT2D eigenvalue weighted by atomic mass is 32.1. The summed E-state index contributed by atoms with van der Waals surface area (Å²) in [6, 6.07) is 1.54. The molecule has 0 aromatic carbocycles. The van der Waals surface area contributed by atoms with E-state index in [1.807, 2.05) is 0 Å². The molecule has 0 aliphatic heterocycles. The first-order valence-corrected chi connectivity index (χ1v) is 5.06. The molecule has 4 heteroatoms. The monoisotopic (exact) mass is 204 g/mol. The van der Waals surface area contributed by atoms with Gasteiger partial charge in [-0.25, -0.2) is 0 Å². The molecule has 13 heavy (non-hydrogen) atoms. The zero-order valence-corrected chi connectivity index (χ0v) is 7.83. The van der Waals surface area contributed by atoms with Crippen molar-refractivity contribution in [3.8, 4) is 0 Å². The van der Waals surface area contributed by atoms with Crippen molar-refractivity contribution in [2.24, 2.45) is 0 Å². The molecule has 1 aromatic heterocycles. The maximum Gasteiger partial charge on any atom is 0.304 e. The van der Waals surface area contributed by atoms with Crippen LogP contribution in [0.1, 0.15) is 21.7 Å². The van der Waals surface area contributed by atoms with E-state index in [9.17, 15) is 8.78 Å². The summed E-state index contributed by atoms with van der Waals surface area (Å²) in [5.41, 5.74) is 1.05. The Morgan fingerprint density at radius 2 is 2.23 bits per heavy atom. The van der Waals surface area contributed by atoms with Gasteiger partial charge in [-0.2, -0.15) is 8.78 Å². The molecule has 1 aliphatic carbocycles. The number of aryl methyl sites for hydroxylation is 2. The fraction of sp³-hybridized carbons (Fsp3) is 0.556. The third-order valence-corrected chi connectivity index (χ3v) is 3.65. The van der Waals surface area contributed by atoms with Gasteiger partial charge in [0.05, 0.1) is 4.88 Å². The second-order valence-electron chi connectivity index (χ2n) is 3.28. The average molecular weight is 204 g/mol. The molecular weight excluding hydrogens is 194 g/mol. The van der Waals surface area contributed by atoms with E-state index in [2.05, 4.69) is 0 Å². The second kappa shape index (κ2) is 3.03. The minimum atomic E-state index is -3.05. The molecule has 72 valence electrons. The Morgan fingerprint density at radius 3 is 2.85 bits per heavy atom. The summed E-state index contributed by atoms with van der Waals surface area (Å²) in [4.78, 5) is 1.09. The van der Waals surface area contributed by atoms with Crippen LogP contribution in [-0.2, 0) is 18.8 Å². The molecule has 0 radical (unpaired) electrons. The van der Waals surface area contributed by atoms with E-state index in [1.165, 1.54) is 0 Å². The molecule has 0 saturated heterocycles.